The number of nitrogens with zero attached hydrogens (tertiary/aromatic N) is 5. The van der Waals surface area contributed by atoms with Gasteiger partial charge >= 0.3 is 6.01 Å². The Balaban J connectivity index is 1.49. The van der Waals surface area contributed by atoms with Gasteiger partial charge in [0.15, 0.2) is 0 Å². The molecule has 0 N–H and O–H groups in total. The smallest absolute Gasteiger partial charge is 0.316 e. The number of amides is 2. The molecule has 0 spiro atoms. The third-order valence-corrected chi connectivity index (χ3v) is 4.71. The summed E-state index contributed by atoms with van der Waals surface area (Å²) < 4.78 is 4.97. The maximum Gasteiger partial charge on any atom is 0.316 e. The predicted octanol–water partition coefficient (Wildman–Crippen LogP) is 0.142. The van der Waals surface area contributed by atoms with Gasteiger partial charge in [0, 0.05) is 63.6 Å². The van der Waals surface area contributed by atoms with Gasteiger partial charge in [0.25, 0.3) is 0 Å². The molecule has 0 saturated carbocycles. The largest absolute Gasteiger partial charge is 0.467 e. The Morgan fingerprint density at radius 1 is 1.12 bits per heavy atom. The van der Waals surface area contributed by atoms with Gasteiger partial charge in [-0.25, -0.2) is 9.97 Å². The summed E-state index contributed by atoms with van der Waals surface area (Å²) in [5.41, 5.74) is 1.03. The van der Waals surface area contributed by atoms with Crippen LogP contribution in [0.1, 0.15) is 24.8 Å². The Bertz CT molecular complexity index is 607. The van der Waals surface area contributed by atoms with Crippen LogP contribution < -0.4 is 4.74 Å². The molecule has 8 nitrogen and oxygen atoms in total. The lowest BCUT2D eigenvalue weighted by Crippen LogP contribution is -2.42. The van der Waals surface area contributed by atoms with E-state index < -0.39 is 0 Å². The fraction of sp³-hybridized carbons (Fsp3) is 0.647. The third-order valence-electron chi connectivity index (χ3n) is 4.71. The van der Waals surface area contributed by atoms with Crippen molar-refractivity contribution in [1.82, 2.24) is 24.7 Å². The number of hydrogen-bond acceptors (Lipinski definition) is 6. The van der Waals surface area contributed by atoms with Crippen molar-refractivity contribution in [2.45, 2.75) is 25.8 Å². The van der Waals surface area contributed by atoms with E-state index in [1.54, 1.807) is 24.4 Å². The lowest BCUT2D eigenvalue weighted by Gasteiger charge is -2.24. The maximum absolute atomic E-state index is 12.5. The Morgan fingerprint density at radius 2 is 1.92 bits per heavy atom. The number of methoxy groups -OCH3 is 1. The van der Waals surface area contributed by atoms with Crippen LogP contribution in [0.5, 0.6) is 6.01 Å². The van der Waals surface area contributed by atoms with Crippen molar-refractivity contribution in [1.29, 1.82) is 0 Å². The molecule has 0 aliphatic carbocycles. The topological polar surface area (TPSA) is 78.9 Å². The minimum atomic E-state index is 0.0601. The number of rotatable bonds is 5. The van der Waals surface area contributed by atoms with Gasteiger partial charge in [0.1, 0.15) is 0 Å². The van der Waals surface area contributed by atoms with Gasteiger partial charge in [-0.2, -0.15) is 0 Å². The second-order valence-electron chi connectivity index (χ2n) is 6.51. The van der Waals surface area contributed by atoms with Crippen molar-refractivity contribution >= 4 is 11.8 Å². The van der Waals surface area contributed by atoms with Gasteiger partial charge in [-0.15, -0.1) is 0 Å². The van der Waals surface area contributed by atoms with E-state index in [2.05, 4.69) is 14.9 Å². The van der Waals surface area contributed by atoms with Gasteiger partial charge < -0.3 is 14.5 Å². The molecule has 8 heteroatoms. The molecule has 2 amide bonds. The Kier molecular flexibility index (Phi) is 5.80. The quantitative estimate of drug-likeness (QED) is 0.754. The fourth-order valence-corrected chi connectivity index (χ4v) is 3.30. The molecule has 0 bridgehead atoms. The lowest BCUT2D eigenvalue weighted by atomic mass is 10.3. The average Bonchev–Trinajstić information content (AvgIpc) is 2.88. The van der Waals surface area contributed by atoms with E-state index in [0.29, 0.717) is 25.5 Å². The molecular formula is C17H25N5O3. The molecule has 2 fully saturated rings. The highest BCUT2D eigenvalue weighted by Gasteiger charge is 2.26. The Morgan fingerprint density at radius 3 is 2.60 bits per heavy atom. The van der Waals surface area contributed by atoms with Crippen LogP contribution in [-0.4, -0.2) is 82.9 Å². The first-order chi connectivity index (χ1) is 12.2. The van der Waals surface area contributed by atoms with Crippen LogP contribution in [0.25, 0.3) is 0 Å². The molecule has 25 heavy (non-hydrogen) atoms. The van der Waals surface area contributed by atoms with Crippen LogP contribution in [0, 0.1) is 0 Å². The SMILES string of the molecule is COc1ncc(CN2CCCN(C(=O)CN3CCCC3=O)CC2)cn1. The standard InChI is InChI=1S/C17H25N5O3/c1-25-17-18-10-14(11-19-17)12-20-5-3-7-21(9-8-20)16(24)13-22-6-2-4-15(22)23/h10-11H,2-9,12-13H2,1H3. The normalized spacial score (nSPS) is 19.2. The van der Waals surface area contributed by atoms with Crippen molar-refractivity contribution in [2.24, 2.45) is 0 Å². The van der Waals surface area contributed by atoms with Gasteiger partial charge in [0.05, 0.1) is 13.7 Å². The zero-order valence-electron chi connectivity index (χ0n) is 14.7. The monoisotopic (exact) mass is 347 g/mol. The van der Waals surface area contributed by atoms with Crippen LogP contribution >= 0.6 is 0 Å². The second-order valence-corrected chi connectivity index (χ2v) is 6.51. The molecule has 0 aromatic carbocycles. The number of hydrogen-bond donors (Lipinski definition) is 0. The summed E-state index contributed by atoms with van der Waals surface area (Å²) >= 11 is 0. The van der Waals surface area contributed by atoms with Gasteiger partial charge in [-0.3, -0.25) is 14.5 Å². The molecule has 1 aromatic rings. The molecule has 0 atom stereocenters. The number of ether oxygens (including phenoxy) is 1. The van der Waals surface area contributed by atoms with Crippen LogP contribution in [0.4, 0.5) is 0 Å². The zero-order chi connectivity index (χ0) is 17.6. The predicted molar refractivity (Wildman–Crippen MR) is 90.9 cm³/mol. The second kappa shape index (κ2) is 8.24. The van der Waals surface area contributed by atoms with Gasteiger partial charge in [0.2, 0.25) is 11.8 Å². The summed E-state index contributed by atoms with van der Waals surface area (Å²) in [4.78, 5) is 38.3. The summed E-state index contributed by atoms with van der Waals surface area (Å²) in [6.45, 7) is 4.88. The van der Waals surface area contributed by atoms with Crippen molar-refractivity contribution < 1.29 is 14.3 Å². The van der Waals surface area contributed by atoms with Crippen molar-refractivity contribution in [3.63, 3.8) is 0 Å². The summed E-state index contributed by atoms with van der Waals surface area (Å²) in [6.07, 6.45) is 5.92. The van der Waals surface area contributed by atoms with E-state index >= 15 is 0 Å². The highest BCUT2D eigenvalue weighted by Crippen LogP contribution is 2.12. The van der Waals surface area contributed by atoms with Crippen molar-refractivity contribution in [3.8, 4) is 6.01 Å². The molecule has 1 aromatic heterocycles. The Hall–Kier alpha value is -2.22. The van der Waals surface area contributed by atoms with E-state index in [0.717, 1.165) is 44.6 Å². The fourth-order valence-electron chi connectivity index (χ4n) is 3.30. The number of aromatic nitrogens is 2. The number of carbonyl (C=O) groups is 2. The first-order valence-electron chi connectivity index (χ1n) is 8.78. The highest BCUT2D eigenvalue weighted by atomic mass is 16.5. The molecule has 3 rings (SSSR count). The van der Waals surface area contributed by atoms with E-state index in [1.807, 2.05) is 4.90 Å². The third kappa shape index (κ3) is 4.66. The van der Waals surface area contributed by atoms with Crippen molar-refractivity contribution in [3.05, 3.63) is 18.0 Å². The van der Waals surface area contributed by atoms with E-state index in [1.165, 1.54) is 0 Å². The molecule has 0 radical (unpaired) electrons. The summed E-state index contributed by atoms with van der Waals surface area (Å²) in [5, 5.41) is 0. The number of carbonyl (C=O) groups excluding carboxylic acids is 2. The van der Waals surface area contributed by atoms with Crippen molar-refractivity contribution in [2.75, 3.05) is 46.4 Å². The minimum absolute atomic E-state index is 0.0601. The molecule has 2 aliphatic heterocycles. The summed E-state index contributed by atoms with van der Waals surface area (Å²) in [5.74, 6) is 0.161. The van der Waals surface area contributed by atoms with Gasteiger partial charge in [-0.1, -0.05) is 0 Å². The van der Waals surface area contributed by atoms with E-state index in [-0.39, 0.29) is 18.4 Å². The lowest BCUT2D eigenvalue weighted by molar-refractivity contribution is -0.138. The average molecular weight is 347 g/mol. The Labute approximate surface area is 147 Å². The first kappa shape index (κ1) is 17.6. The van der Waals surface area contributed by atoms with E-state index in [4.69, 9.17) is 4.74 Å². The zero-order valence-corrected chi connectivity index (χ0v) is 14.7. The van der Waals surface area contributed by atoms with Crippen LogP contribution in [0.3, 0.4) is 0 Å². The van der Waals surface area contributed by atoms with Crippen LogP contribution in [0.15, 0.2) is 12.4 Å². The first-order valence-corrected chi connectivity index (χ1v) is 8.78. The van der Waals surface area contributed by atoms with Crippen LogP contribution in [0.2, 0.25) is 0 Å². The molecule has 2 aliphatic rings. The summed E-state index contributed by atoms with van der Waals surface area (Å²) in [6, 6.07) is 0.368. The molecular weight excluding hydrogens is 322 g/mol. The molecule has 136 valence electrons. The number of likely N-dealkylation sites (tertiary alicyclic amines) is 1. The molecule has 2 saturated heterocycles. The molecule has 3 heterocycles. The summed E-state index contributed by atoms with van der Waals surface area (Å²) in [7, 11) is 1.55. The van der Waals surface area contributed by atoms with Crippen LogP contribution in [-0.2, 0) is 16.1 Å². The van der Waals surface area contributed by atoms with Gasteiger partial charge in [-0.05, 0) is 12.8 Å². The maximum atomic E-state index is 12.5. The highest BCUT2D eigenvalue weighted by molar-refractivity contribution is 5.85. The van der Waals surface area contributed by atoms with E-state index in [9.17, 15) is 9.59 Å². The molecule has 0 unspecified atom stereocenters. The minimum Gasteiger partial charge on any atom is -0.467 e.